The number of hydrogen-bond donors (Lipinski definition) is 1. The first kappa shape index (κ1) is 11.5. The van der Waals surface area contributed by atoms with Crippen LogP contribution >= 0.6 is 0 Å². The van der Waals surface area contributed by atoms with Crippen molar-refractivity contribution < 1.29 is 9.84 Å². The van der Waals surface area contributed by atoms with E-state index in [9.17, 15) is 5.11 Å². The van der Waals surface area contributed by atoms with Crippen LogP contribution in [0.25, 0.3) is 11.3 Å². The molecule has 0 atom stereocenters. The number of hydrogen-bond acceptors (Lipinski definition) is 3. The monoisotopic (exact) mass is 229 g/mol. The maximum Gasteiger partial charge on any atom is 0.179 e. The topological polar surface area (TPSA) is 42.4 Å². The van der Waals surface area contributed by atoms with Gasteiger partial charge in [0.2, 0.25) is 0 Å². The van der Waals surface area contributed by atoms with E-state index in [1.165, 1.54) is 0 Å². The van der Waals surface area contributed by atoms with Gasteiger partial charge in [-0.1, -0.05) is 30.3 Å². The molecular formula is C14H15NO2. The molecule has 0 aliphatic carbocycles. The molecule has 0 unspecified atom stereocenters. The predicted octanol–water partition coefficient (Wildman–Crippen LogP) is 3.16. The molecule has 2 aromatic rings. The number of rotatable bonds is 3. The van der Waals surface area contributed by atoms with Crippen molar-refractivity contribution in [1.29, 1.82) is 0 Å². The van der Waals surface area contributed by atoms with Crippen molar-refractivity contribution in [1.82, 2.24) is 4.98 Å². The molecule has 0 bridgehead atoms. The molecule has 0 spiro atoms. The van der Waals surface area contributed by atoms with E-state index in [0.29, 0.717) is 18.1 Å². The normalized spacial score (nSPS) is 10.2. The summed E-state index contributed by atoms with van der Waals surface area (Å²) in [4.78, 5) is 4.36. The lowest BCUT2D eigenvalue weighted by molar-refractivity contribution is 0.316. The summed E-state index contributed by atoms with van der Waals surface area (Å²) in [6.45, 7) is 4.17. The molecule has 88 valence electrons. The van der Waals surface area contributed by atoms with E-state index in [4.69, 9.17) is 4.74 Å². The number of ether oxygens (including phenoxy) is 1. The summed E-state index contributed by atoms with van der Waals surface area (Å²) in [6.07, 6.45) is 0. The zero-order valence-electron chi connectivity index (χ0n) is 9.97. The van der Waals surface area contributed by atoms with Crippen molar-refractivity contribution in [3.63, 3.8) is 0 Å². The van der Waals surface area contributed by atoms with Crippen LogP contribution in [0.3, 0.4) is 0 Å². The lowest BCUT2D eigenvalue weighted by Crippen LogP contribution is -1.96. The molecule has 1 aromatic heterocycles. The number of pyridine rings is 1. The van der Waals surface area contributed by atoms with Gasteiger partial charge in [0.25, 0.3) is 0 Å². The maximum absolute atomic E-state index is 9.81. The molecule has 0 saturated heterocycles. The highest BCUT2D eigenvalue weighted by atomic mass is 16.5. The Morgan fingerprint density at radius 1 is 1.24 bits per heavy atom. The first-order chi connectivity index (χ1) is 8.22. The molecule has 0 aliphatic heterocycles. The lowest BCUT2D eigenvalue weighted by Gasteiger charge is -2.10. The van der Waals surface area contributed by atoms with Gasteiger partial charge < -0.3 is 9.84 Å². The fraction of sp³-hybridized carbons (Fsp3) is 0.214. The van der Waals surface area contributed by atoms with E-state index in [-0.39, 0.29) is 5.75 Å². The van der Waals surface area contributed by atoms with Crippen LogP contribution in [0.4, 0.5) is 0 Å². The fourth-order valence-electron chi connectivity index (χ4n) is 1.66. The highest BCUT2D eigenvalue weighted by molar-refractivity contribution is 5.63. The molecular weight excluding hydrogens is 214 g/mol. The Balaban J connectivity index is 2.49. The zero-order chi connectivity index (χ0) is 12.3. The SMILES string of the molecule is CCOc1cc(-c2ccccc2)nc(C)c1O. The second-order valence-corrected chi connectivity index (χ2v) is 3.74. The first-order valence-corrected chi connectivity index (χ1v) is 5.61. The molecule has 17 heavy (non-hydrogen) atoms. The van der Waals surface area contributed by atoms with Gasteiger partial charge in [-0.3, -0.25) is 0 Å². The Hall–Kier alpha value is -2.03. The van der Waals surface area contributed by atoms with E-state index < -0.39 is 0 Å². The molecule has 3 heteroatoms. The molecule has 0 fully saturated rings. The maximum atomic E-state index is 9.81. The molecule has 1 aromatic carbocycles. The Morgan fingerprint density at radius 2 is 1.94 bits per heavy atom. The average Bonchev–Trinajstić information content (AvgIpc) is 2.36. The van der Waals surface area contributed by atoms with Crippen LogP contribution in [0, 0.1) is 6.92 Å². The summed E-state index contributed by atoms with van der Waals surface area (Å²) in [5.74, 6) is 0.602. The zero-order valence-corrected chi connectivity index (χ0v) is 9.97. The fourth-order valence-corrected chi connectivity index (χ4v) is 1.66. The molecule has 1 N–H and O–H groups in total. The number of nitrogens with zero attached hydrogens (tertiary/aromatic N) is 1. The van der Waals surface area contributed by atoms with Crippen molar-refractivity contribution in [3.05, 3.63) is 42.1 Å². The third-order valence-corrected chi connectivity index (χ3v) is 2.50. The lowest BCUT2D eigenvalue weighted by atomic mass is 10.1. The van der Waals surface area contributed by atoms with Crippen LogP contribution in [0.5, 0.6) is 11.5 Å². The summed E-state index contributed by atoms with van der Waals surface area (Å²) in [6, 6.07) is 11.6. The van der Waals surface area contributed by atoms with Crippen molar-refractivity contribution in [2.75, 3.05) is 6.61 Å². The third-order valence-electron chi connectivity index (χ3n) is 2.50. The molecule has 1 heterocycles. The van der Waals surface area contributed by atoms with Gasteiger partial charge in [0, 0.05) is 11.6 Å². The Morgan fingerprint density at radius 3 is 2.59 bits per heavy atom. The summed E-state index contributed by atoms with van der Waals surface area (Å²) in [7, 11) is 0. The Kier molecular flexibility index (Phi) is 3.28. The second kappa shape index (κ2) is 4.87. The molecule has 0 aliphatic rings. The highest BCUT2D eigenvalue weighted by Gasteiger charge is 2.10. The smallest absolute Gasteiger partial charge is 0.179 e. The Labute approximate surface area is 101 Å². The van der Waals surface area contributed by atoms with Crippen molar-refractivity contribution in [2.45, 2.75) is 13.8 Å². The predicted molar refractivity (Wildman–Crippen MR) is 67.2 cm³/mol. The van der Waals surface area contributed by atoms with Gasteiger partial charge in [-0.2, -0.15) is 0 Å². The van der Waals surface area contributed by atoms with Crippen LogP contribution < -0.4 is 4.74 Å². The van der Waals surface area contributed by atoms with Gasteiger partial charge in [-0.25, -0.2) is 4.98 Å². The third kappa shape index (κ3) is 2.38. The minimum atomic E-state index is 0.117. The van der Waals surface area contributed by atoms with Gasteiger partial charge in [-0.15, -0.1) is 0 Å². The van der Waals surface area contributed by atoms with Crippen molar-refractivity contribution >= 4 is 0 Å². The minimum Gasteiger partial charge on any atom is -0.503 e. The van der Waals surface area contributed by atoms with E-state index in [1.807, 2.05) is 37.3 Å². The van der Waals surface area contributed by atoms with Crippen LogP contribution in [0.2, 0.25) is 0 Å². The number of aromatic nitrogens is 1. The molecule has 0 amide bonds. The summed E-state index contributed by atoms with van der Waals surface area (Å²) in [5, 5.41) is 9.81. The summed E-state index contributed by atoms with van der Waals surface area (Å²) in [5.41, 5.74) is 2.40. The van der Waals surface area contributed by atoms with Gasteiger partial charge in [0.15, 0.2) is 11.5 Å². The van der Waals surface area contributed by atoms with Crippen LogP contribution in [-0.2, 0) is 0 Å². The van der Waals surface area contributed by atoms with Crippen molar-refractivity contribution in [3.8, 4) is 22.8 Å². The van der Waals surface area contributed by atoms with E-state index >= 15 is 0 Å². The van der Waals surface area contributed by atoms with Gasteiger partial charge >= 0.3 is 0 Å². The quantitative estimate of drug-likeness (QED) is 0.879. The summed E-state index contributed by atoms with van der Waals surface area (Å²) >= 11 is 0. The molecule has 2 rings (SSSR count). The summed E-state index contributed by atoms with van der Waals surface area (Å²) < 4.78 is 5.39. The average molecular weight is 229 g/mol. The second-order valence-electron chi connectivity index (χ2n) is 3.74. The minimum absolute atomic E-state index is 0.117. The van der Waals surface area contributed by atoms with Gasteiger partial charge in [0.05, 0.1) is 18.0 Å². The van der Waals surface area contributed by atoms with Crippen molar-refractivity contribution in [2.24, 2.45) is 0 Å². The van der Waals surface area contributed by atoms with Gasteiger partial charge in [-0.05, 0) is 13.8 Å². The van der Waals surface area contributed by atoms with Crippen LogP contribution in [0.15, 0.2) is 36.4 Å². The van der Waals surface area contributed by atoms with E-state index in [2.05, 4.69) is 4.98 Å². The largest absolute Gasteiger partial charge is 0.503 e. The molecule has 0 radical (unpaired) electrons. The van der Waals surface area contributed by atoms with E-state index in [0.717, 1.165) is 11.3 Å². The number of aryl methyl sites for hydroxylation is 1. The van der Waals surface area contributed by atoms with E-state index in [1.54, 1.807) is 13.0 Å². The van der Waals surface area contributed by atoms with Crippen LogP contribution in [0.1, 0.15) is 12.6 Å². The molecule has 3 nitrogen and oxygen atoms in total. The number of aromatic hydroxyl groups is 1. The van der Waals surface area contributed by atoms with Crippen LogP contribution in [-0.4, -0.2) is 16.7 Å². The Bertz CT molecular complexity index is 509. The number of benzene rings is 1. The first-order valence-electron chi connectivity index (χ1n) is 5.61. The highest BCUT2D eigenvalue weighted by Crippen LogP contribution is 2.32. The molecule has 0 saturated carbocycles. The standard InChI is InChI=1S/C14H15NO2/c1-3-17-13-9-12(15-10(2)14(13)16)11-7-5-4-6-8-11/h4-9,16H,3H2,1-2H3. The van der Waals surface area contributed by atoms with Gasteiger partial charge in [0.1, 0.15) is 0 Å².